The summed E-state index contributed by atoms with van der Waals surface area (Å²) in [6.07, 6.45) is 4.27. The monoisotopic (exact) mass is 352 g/mol. The number of aryl methyl sites for hydroxylation is 1. The van der Waals surface area contributed by atoms with Gasteiger partial charge in [0.1, 0.15) is 0 Å². The summed E-state index contributed by atoms with van der Waals surface area (Å²) in [5.41, 5.74) is 2.20. The highest BCUT2D eigenvalue weighted by atomic mass is 32.2. The summed E-state index contributed by atoms with van der Waals surface area (Å²) in [5.74, 6) is 0.919. The van der Waals surface area contributed by atoms with Gasteiger partial charge >= 0.3 is 0 Å². The fourth-order valence-electron chi connectivity index (χ4n) is 2.88. The van der Waals surface area contributed by atoms with Gasteiger partial charge in [-0.05, 0) is 30.5 Å². The maximum Gasteiger partial charge on any atom is 0.262 e. The molecule has 0 unspecified atom stereocenters. The number of aromatic nitrogens is 2. The molecule has 130 valence electrons. The van der Waals surface area contributed by atoms with Crippen molar-refractivity contribution in [3.63, 3.8) is 0 Å². The van der Waals surface area contributed by atoms with Crippen LogP contribution in [0.25, 0.3) is 10.9 Å². The molecule has 0 fully saturated rings. The highest BCUT2D eigenvalue weighted by Gasteiger charge is 2.11. The first-order valence-electron chi connectivity index (χ1n) is 8.96. The smallest absolute Gasteiger partial charge is 0.262 e. The molecule has 0 spiro atoms. The average molecular weight is 353 g/mol. The van der Waals surface area contributed by atoms with Crippen molar-refractivity contribution in [1.29, 1.82) is 0 Å². The Hall–Kier alpha value is -2.07. The van der Waals surface area contributed by atoms with Crippen molar-refractivity contribution in [3.8, 4) is 0 Å². The van der Waals surface area contributed by atoms with E-state index in [1.54, 1.807) is 11.8 Å². The minimum absolute atomic E-state index is 0.0870. The first kappa shape index (κ1) is 17.7. The van der Waals surface area contributed by atoms with E-state index < -0.39 is 0 Å². The standard InChI is InChI=1S/C21H24N2OS/c1-2-3-9-15-23-20(24)18-12-7-8-13-19(18)22-21(23)25-16-14-17-10-5-4-6-11-17/h4-8,10-13H,2-3,9,14-16H2,1H3. The van der Waals surface area contributed by atoms with Gasteiger partial charge in [0.2, 0.25) is 0 Å². The van der Waals surface area contributed by atoms with E-state index in [0.717, 1.165) is 48.7 Å². The van der Waals surface area contributed by atoms with Crippen molar-refractivity contribution in [3.05, 3.63) is 70.5 Å². The van der Waals surface area contributed by atoms with Crippen LogP contribution in [-0.4, -0.2) is 15.3 Å². The molecule has 3 rings (SSSR count). The number of para-hydroxylation sites is 1. The molecule has 3 nitrogen and oxygen atoms in total. The molecule has 0 aliphatic rings. The molecule has 0 bridgehead atoms. The summed E-state index contributed by atoms with van der Waals surface area (Å²) in [6.45, 7) is 2.93. The highest BCUT2D eigenvalue weighted by molar-refractivity contribution is 7.99. The summed E-state index contributed by atoms with van der Waals surface area (Å²) in [5, 5.41) is 1.56. The minimum atomic E-state index is 0.0870. The second-order valence-electron chi connectivity index (χ2n) is 6.16. The fraction of sp³-hybridized carbons (Fsp3) is 0.333. The average Bonchev–Trinajstić information content (AvgIpc) is 2.65. The van der Waals surface area contributed by atoms with Crippen molar-refractivity contribution in [2.24, 2.45) is 0 Å². The van der Waals surface area contributed by atoms with E-state index in [-0.39, 0.29) is 5.56 Å². The van der Waals surface area contributed by atoms with Crippen molar-refractivity contribution in [2.45, 2.75) is 44.3 Å². The molecule has 3 aromatic rings. The summed E-state index contributed by atoms with van der Waals surface area (Å²) < 4.78 is 1.87. The molecule has 0 atom stereocenters. The number of hydrogen-bond acceptors (Lipinski definition) is 3. The maximum atomic E-state index is 12.9. The number of rotatable bonds is 8. The molecule has 1 heterocycles. The Balaban J connectivity index is 1.83. The second-order valence-corrected chi connectivity index (χ2v) is 7.22. The first-order valence-corrected chi connectivity index (χ1v) is 9.94. The van der Waals surface area contributed by atoms with Crippen molar-refractivity contribution >= 4 is 22.7 Å². The summed E-state index contributed by atoms with van der Waals surface area (Å²) >= 11 is 1.68. The number of hydrogen-bond donors (Lipinski definition) is 0. The Bertz CT molecular complexity index is 874. The normalized spacial score (nSPS) is 11.1. The van der Waals surface area contributed by atoms with Crippen LogP contribution in [0.5, 0.6) is 0 Å². The van der Waals surface area contributed by atoms with Crippen LogP contribution in [0.1, 0.15) is 31.7 Å². The van der Waals surface area contributed by atoms with Gasteiger partial charge in [0, 0.05) is 12.3 Å². The summed E-state index contributed by atoms with van der Waals surface area (Å²) in [4.78, 5) is 17.7. The lowest BCUT2D eigenvalue weighted by Crippen LogP contribution is -2.23. The largest absolute Gasteiger partial charge is 0.287 e. The number of unbranched alkanes of at least 4 members (excludes halogenated alkanes) is 2. The van der Waals surface area contributed by atoms with E-state index in [4.69, 9.17) is 4.98 Å². The molecule has 4 heteroatoms. The fourth-order valence-corrected chi connectivity index (χ4v) is 3.89. The maximum absolute atomic E-state index is 12.9. The molecule has 1 aromatic heterocycles. The lowest BCUT2D eigenvalue weighted by molar-refractivity contribution is 0.541. The zero-order valence-corrected chi connectivity index (χ0v) is 15.5. The van der Waals surface area contributed by atoms with Gasteiger partial charge in [-0.25, -0.2) is 4.98 Å². The molecule has 0 radical (unpaired) electrons. The van der Waals surface area contributed by atoms with E-state index in [9.17, 15) is 4.79 Å². The molecule has 0 aliphatic carbocycles. The first-order chi connectivity index (χ1) is 12.3. The summed E-state index contributed by atoms with van der Waals surface area (Å²) in [6, 6.07) is 18.1. The quantitative estimate of drug-likeness (QED) is 0.328. The van der Waals surface area contributed by atoms with E-state index >= 15 is 0 Å². The van der Waals surface area contributed by atoms with Crippen molar-refractivity contribution < 1.29 is 0 Å². The second kappa shape index (κ2) is 8.86. The van der Waals surface area contributed by atoms with Crippen LogP contribution in [-0.2, 0) is 13.0 Å². The van der Waals surface area contributed by atoms with Gasteiger partial charge in [0.15, 0.2) is 5.16 Å². The van der Waals surface area contributed by atoms with Gasteiger partial charge < -0.3 is 0 Å². The van der Waals surface area contributed by atoms with E-state index in [0.29, 0.717) is 5.39 Å². The molecular formula is C21H24N2OS. The molecule has 2 aromatic carbocycles. The molecule has 0 amide bonds. The Morgan fingerprint density at radius 3 is 2.56 bits per heavy atom. The number of thioether (sulfide) groups is 1. The lowest BCUT2D eigenvalue weighted by atomic mass is 10.2. The Labute approximate surface area is 153 Å². The molecule has 0 aliphatic heterocycles. The lowest BCUT2D eigenvalue weighted by Gasteiger charge is -2.13. The van der Waals surface area contributed by atoms with Gasteiger partial charge in [0.05, 0.1) is 10.9 Å². The Kier molecular flexibility index (Phi) is 6.29. The minimum Gasteiger partial charge on any atom is -0.287 e. The number of nitrogens with zero attached hydrogens (tertiary/aromatic N) is 2. The third kappa shape index (κ3) is 4.51. The molecule has 0 saturated carbocycles. The van der Waals surface area contributed by atoms with Crippen LogP contribution >= 0.6 is 11.8 Å². The number of benzene rings is 2. The third-order valence-corrected chi connectivity index (χ3v) is 5.25. The van der Waals surface area contributed by atoms with Crippen LogP contribution < -0.4 is 5.56 Å². The van der Waals surface area contributed by atoms with E-state index in [1.165, 1.54) is 5.56 Å². The molecule has 0 N–H and O–H groups in total. The zero-order valence-electron chi connectivity index (χ0n) is 14.6. The Morgan fingerprint density at radius 1 is 1.00 bits per heavy atom. The topological polar surface area (TPSA) is 34.9 Å². The van der Waals surface area contributed by atoms with Gasteiger partial charge in [-0.3, -0.25) is 9.36 Å². The highest BCUT2D eigenvalue weighted by Crippen LogP contribution is 2.19. The van der Waals surface area contributed by atoms with Crippen LogP contribution in [0.2, 0.25) is 0 Å². The van der Waals surface area contributed by atoms with Crippen molar-refractivity contribution in [1.82, 2.24) is 9.55 Å². The Morgan fingerprint density at radius 2 is 1.76 bits per heavy atom. The van der Waals surface area contributed by atoms with Crippen LogP contribution in [0.3, 0.4) is 0 Å². The van der Waals surface area contributed by atoms with Gasteiger partial charge in [-0.1, -0.05) is 74.0 Å². The van der Waals surface area contributed by atoms with E-state index in [2.05, 4.69) is 31.2 Å². The summed E-state index contributed by atoms with van der Waals surface area (Å²) in [7, 11) is 0. The van der Waals surface area contributed by atoms with Gasteiger partial charge in [0.25, 0.3) is 5.56 Å². The van der Waals surface area contributed by atoms with Gasteiger partial charge in [-0.2, -0.15) is 0 Å². The van der Waals surface area contributed by atoms with Crippen LogP contribution in [0, 0.1) is 0 Å². The number of fused-ring (bicyclic) bond motifs is 1. The molecular weight excluding hydrogens is 328 g/mol. The van der Waals surface area contributed by atoms with Crippen molar-refractivity contribution in [2.75, 3.05) is 5.75 Å². The van der Waals surface area contributed by atoms with E-state index in [1.807, 2.05) is 34.9 Å². The van der Waals surface area contributed by atoms with Crippen LogP contribution in [0.4, 0.5) is 0 Å². The van der Waals surface area contributed by atoms with Gasteiger partial charge in [-0.15, -0.1) is 0 Å². The molecule has 0 saturated heterocycles. The predicted molar refractivity (Wildman–Crippen MR) is 106 cm³/mol. The third-order valence-electron chi connectivity index (χ3n) is 4.28. The van der Waals surface area contributed by atoms with Crippen LogP contribution in [0.15, 0.2) is 64.5 Å². The molecule has 25 heavy (non-hydrogen) atoms. The SMILES string of the molecule is CCCCCn1c(SCCc2ccccc2)nc2ccccc2c1=O. The zero-order chi connectivity index (χ0) is 17.5. The predicted octanol–water partition coefficient (Wildman–Crippen LogP) is 4.92.